The summed E-state index contributed by atoms with van der Waals surface area (Å²) >= 11 is 18.1. The van der Waals surface area contributed by atoms with E-state index in [1.807, 2.05) is 0 Å². The zero-order valence-corrected chi connectivity index (χ0v) is 15.8. The monoisotopic (exact) mass is 406 g/mol. The number of carbonyl (C=O) groups is 3. The van der Waals surface area contributed by atoms with E-state index in [0.29, 0.717) is 23.6 Å². The number of halogens is 3. The number of hydrogen-bond acceptors (Lipinski definition) is 4. The van der Waals surface area contributed by atoms with Crippen molar-refractivity contribution in [2.24, 2.45) is 0 Å². The van der Waals surface area contributed by atoms with Gasteiger partial charge in [0.2, 0.25) is 5.91 Å². The highest BCUT2D eigenvalue weighted by Gasteiger charge is 2.33. The van der Waals surface area contributed by atoms with Crippen LogP contribution >= 0.6 is 34.8 Å². The van der Waals surface area contributed by atoms with Crippen LogP contribution in [0.1, 0.15) is 25.3 Å². The number of esters is 1. The van der Waals surface area contributed by atoms with Gasteiger partial charge in [-0.05, 0) is 37.5 Å². The van der Waals surface area contributed by atoms with Gasteiger partial charge in [-0.15, -0.1) is 0 Å². The quantitative estimate of drug-likeness (QED) is 0.570. The Balaban J connectivity index is 2.18. The first-order valence-corrected chi connectivity index (χ1v) is 8.90. The summed E-state index contributed by atoms with van der Waals surface area (Å²) in [5.41, 5.74) is 0.423. The van der Waals surface area contributed by atoms with Crippen LogP contribution in [0.3, 0.4) is 0 Å². The van der Waals surface area contributed by atoms with Gasteiger partial charge < -0.3 is 4.74 Å². The lowest BCUT2D eigenvalue weighted by molar-refractivity contribution is -0.177. The highest BCUT2D eigenvalue weighted by molar-refractivity contribution is 6.39. The fourth-order valence-electron chi connectivity index (χ4n) is 2.52. The Labute approximate surface area is 160 Å². The summed E-state index contributed by atoms with van der Waals surface area (Å²) in [7, 11) is 0. The van der Waals surface area contributed by atoms with E-state index in [4.69, 9.17) is 39.5 Å². The molecule has 1 heterocycles. The Morgan fingerprint density at radius 1 is 1.04 bits per heavy atom. The van der Waals surface area contributed by atoms with E-state index in [2.05, 4.69) is 0 Å². The maximum atomic E-state index is 12.7. The molecule has 0 radical (unpaired) electrons. The van der Waals surface area contributed by atoms with Crippen LogP contribution < -0.4 is 0 Å². The molecular weight excluding hydrogens is 391 g/mol. The summed E-state index contributed by atoms with van der Waals surface area (Å²) in [4.78, 5) is 36.6. The molecule has 0 aromatic heterocycles. The van der Waals surface area contributed by atoms with Crippen LogP contribution in [-0.2, 0) is 25.5 Å². The molecule has 0 bridgehead atoms. The minimum atomic E-state index is -0.982. The van der Waals surface area contributed by atoms with Gasteiger partial charge in [0, 0.05) is 28.2 Å². The molecule has 1 aromatic rings. The van der Waals surface area contributed by atoms with Gasteiger partial charge in [0.1, 0.15) is 0 Å². The van der Waals surface area contributed by atoms with E-state index in [9.17, 15) is 14.4 Å². The topological polar surface area (TPSA) is 66.9 Å². The fourth-order valence-corrected chi connectivity index (χ4v) is 3.47. The molecule has 0 N–H and O–H groups in total. The van der Waals surface area contributed by atoms with Crippen molar-refractivity contribution in [1.82, 2.24) is 10.0 Å². The van der Waals surface area contributed by atoms with Crippen molar-refractivity contribution in [2.45, 2.75) is 26.2 Å². The molecule has 9 heteroatoms. The number of carbonyl (C=O) groups excluding carboxylic acids is 3. The maximum absolute atomic E-state index is 12.7. The van der Waals surface area contributed by atoms with Crippen LogP contribution in [0.25, 0.3) is 0 Å². The van der Waals surface area contributed by atoms with Crippen LogP contribution in [0.5, 0.6) is 0 Å². The van der Waals surface area contributed by atoms with Gasteiger partial charge in [0.15, 0.2) is 0 Å². The Kier molecular flexibility index (Phi) is 6.93. The number of hydrazine groups is 1. The summed E-state index contributed by atoms with van der Waals surface area (Å²) in [5, 5.41) is 3.28. The molecule has 136 valence electrons. The Morgan fingerprint density at radius 2 is 1.60 bits per heavy atom. The van der Waals surface area contributed by atoms with E-state index in [1.165, 1.54) is 17.1 Å². The molecule has 0 saturated carbocycles. The van der Waals surface area contributed by atoms with Crippen molar-refractivity contribution in [3.05, 3.63) is 32.8 Å². The molecule has 0 unspecified atom stereocenters. The molecule has 2 rings (SSSR count). The molecule has 0 aliphatic carbocycles. The molecule has 0 atom stereocenters. The van der Waals surface area contributed by atoms with Gasteiger partial charge >= 0.3 is 11.9 Å². The van der Waals surface area contributed by atoms with Crippen molar-refractivity contribution < 1.29 is 19.1 Å². The first kappa shape index (κ1) is 19.8. The first-order valence-electron chi connectivity index (χ1n) is 7.77. The second kappa shape index (κ2) is 8.74. The lowest BCUT2D eigenvalue weighted by Crippen LogP contribution is -2.55. The number of amides is 2. The largest absolute Gasteiger partial charge is 0.459 e. The molecule has 2 amide bonds. The predicted molar refractivity (Wildman–Crippen MR) is 94.5 cm³/mol. The van der Waals surface area contributed by atoms with Gasteiger partial charge in [-0.25, -0.2) is 9.80 Å². The normalized spacial score (nSPS) is 14.4. The van der Waals surface area contributed by atoms with Gasteiger partial charge in [-0.2, -0.15) is 0 Å². The van der Waals surface area contributed by atoms with Crippen LogP contribution in [0, 0.1) is 0 Å². The zero-order chi connectivity index (χ0) is 18.6. The average molecular weight is 408 g/mol. The maximum Gasteiger partial charge on any atom is 0.398 e. The van der Waals surface area contributed by atoms with E-state index in [1.54, 1.807) is 6.92 Å². The first-order chi connectivity index (χ1) is 11.8. The van der Waals surface area contributed by atoms with Crippen molar-refractivity contribution >= 4 is 52.6 Å². The van der Waals surface area contributed by atoms with E-state index < -0.39 is 11.9 Å². The lowest BCUT2D eigenvalue weighted by atomic mass is 10.1. The van der Waals surface area contributed by atoms with Crippen molar-refractivity contribution in [2.75, 3.05) is 19.7 Å². The second-order valence-electron chi connectivity index (χ2n) is 5.40. The Bertz CT molecular complexity index is 673. The smallest absolute Gasteiger partial charge is 0.398 e. The van der Waals surface area contributed by atoms with Crippen molar-refractivity contribution in [3.8, 4) is 0 Å². The van der Waals surface area contributed by atoms with Crippen molar-refractivity contribution in [1.29, 1.82) is 0 Å². The summed E-state index contributed by atoms with van der Waals surface area (Å²) in [5.74, 6) is -2.23. The third-order valence-corrected chi connectivity index (χ3v) is 4.58. The highest BCUT2D eigenvalue weighted by atomic mass is 35.5. The van der Waals surface area contributed by atoms with Crippen LogP contribution in [-0.4, -0.2) is 47.5 Å². The Hall–Kier alpha value is -1.50. The van der Waals surface area contributed by atoms with E-state index in [-0.39, 0.29) is 35.5 Å². The van der Waals surface area contributed by atoms with Crippen LogP contribution in [0.2, 0.25) is 15.1 Å². The third kappa shape index (κ3) is 4.77. The molecule has 1 aromatic carbocycles. The molecule has 6 nitrogen and oxygen atoms in total. The Morgan fingerprint density at radius 3 is 2.16 bits per heavy atom. The average Bonchev–Trinajstić information content (AvgIpc) is 2.57. The zero-order valence-electron chi connectivity index (χ0n) is 13.6. The molecule has 1 saturated heterocycles. The standard InChI is InChI=1S/C16H17Cl3N2O4/c1-2-25-16(24)15(23)21-6-4-3-5-20(21)14(22)9-11-12(18)7-10(17)8-13(11)19/h7-8H,2-6,9H2,1H3. The molecule has 1 aliphatic rings. The van der Waals surface area contributed by atoms with Gasteiger partial charge in [-0.3, -0.25) is 14.6 Å². The fraction of sp³-hybridized carbons (Fsp3) is 0.438. The molecule has 1 fully saturated rings. The highest BCUT2D eigenvalue weighted by Crippen LogP contribution is 2.30. The SMILES string of the molecule is CCOC(=O)C(=O)N1CCCCN1C(=O)Cc1c(Cl)cc(Cl)cc1Cl. The van der Waals surface area contributed by atoms with Crippen molar-refractivity contribution in [3.63, 3.8) is 0 Å². The molecular formula is C16H17Cl3N2O4. The molecule has 1 aliphatic heterocycles. The minimum absolute atomic E-state index is 0.0857. The van der Waals surface area contributed by atoms with E-state index >= 15 is 0 Å². The number of ether oxygens (including phenoxy) is 1. The lowest BCUT2D eigenvalue weighted by Gasteiger charge is -2.37. The number of hydrogen-bond donors (Lipinski definition) is 0. The minimum Gasteiger partial charge on any atom is -0.459 e. The summed E-state index contributed by atoms with van der Waals surface area (Å²) in [6.07, 6.45) is 1.30. The predicted octanol–water partition coefficient (Wildman–Crippen LogP) is 3.12. The summed E-state index contributed by atoms with van der Waals surface area (Å²) in [6.45, 7) is 2.29. The summed E-state index contributed by atoms with van der Waals surface area (Å²) < 4.78 is 4.73. The molecule has 25 heavy (non-hydrogen) atoms. The number of benzene rings is 1. The summed E-state index contributed by atoms with van der Waals surface area (Å²) in [6, 6.07) is 2.99. The van der Waals surface area contributed by atoms with Gasteiger partial charge in [0.05, 0.1) is 13.0 Å². The third-order valence-electron chi connectivity index (χ3n) is 3.69. The number of rotatable bonds is 3. The van der Waals surface area contributed by atoms with Gasteiger partial charge in [-0.1, -0.05) is 34.8 Å². The van der Waals surface area contributed by atoms with Crippen LogP contribution in [0.15, 0.2) is 12.1 Å². The van der Waals surface area contributed by atoms with Crippen LogP contribution in [0.4, 0.5) is 0 Å². The number of nitrogens with zero attached hydrogens (tertiary/aromatic N) is 2. The molecule has 0 spiro atoms. The second-order valence-corrected chi connectivity index (χ2v) is 6.65. The van der Waals surface area contributed by atoms with Gasteiger partial charge in [0.25, 0.3) is 0 Å². The van der Waals surface area contributed by atoms with E-state index in [0.717, 1.165) is 11.4 Å².